The van der Waals surface area contributed by atoms with Crippen molar-refractivity contribution in [1.29, 1.82) is 0 Å². The maximum absolute atomic E-state index is 4.13. The van der Waals surface area contributed by atoms with Gasteiger partial charge in [0, 0.05) is 54.0 Å². The van der Waals surface area contributed by atoms with Crippen molar-refractivity contribution in [3.63, 3.8) is 0 Å². The van der Waals surface area contributed by atoms with Crippen LogP contribution in [-0.2, 0) is 16.8 Å². The van der Waals surface area contributed by atoms with Crippen LogP contribution in [0.15, 0.2) is 128 Å². The topological polar surface area (TPSA) is 53.5 Å². The van der Waals surface area contributed by atoms with Crippen LogP contribution in [0.3, 0.4) is 0 Å². The Hall–Kier alpha value is -4.20. The molecule has 0 spiro atoms. The van der Waals surface area contributed by atoms with E-state index in [2.05, 4.69) is 109 Å². The van der Waals surface area contributed by atoms with E-state index >= 15 is 0 Å². The van der Waals surface area contributed by atoms with E-state index in [1.807, 2.05) is 50.8 Å². The Balaban J connectivity index is 0.000000152. The molecule has 3 aromatic carbocycles. The number of aryl methyl sites for hydroxylation is 3. The predicted molar refractivity (Wildman–Crippen MR) is 145 cm³/mol. The van der Waals surface area contributed by atoms with Crippen molar-refractivity contribution in [1.82, 2.24) is 29.3 Å². The van der Waals surface area contributed by atoms with E-state index in [9.17, 15) is 0 Å². The second-order valence-electron chi connectivity index (χ2n) is 8.36. The molecule has 0 aliphatic heterocycles. The SMILES string of the molecule is Cc1ccc(-n2cccn2)cc1.Cc1ccc(-n2cccn2)cc1.Cc1ccc(-n2cccn2)cc1.[Co]. The summed E-state index contributed by atoms with van der Waals surface area (Å²) >= 11 is 0. The minimum Gasteiger partial charge on any atom is -0.241 e. The zero-order valence-electron chi connectivity index (χ0n) is 21.1. The fraction of sp³-hybridized carbons (Fsp3) is 0.100. The zero-order valence-corrected chi connectivity index (χ0v) is 22.2. The summed E-state index contributed by atoms with van der Waals surface area (Å²) in [6.45, 7) is 6.23. The van der Waals surface area contributed by atoms with E-state index < -0.39 is 0 Å². The van der Waals surface area contributed by atoms with Crippen LogP contribution < -0.4 is 0 Å². The van der Waals surface area contributed by atoms with Gasteiger partial charge in [-0.05, 0) is 75.4 Å². The third-order valence-electron chi connectivity index (χ3n) is 5.41. The van der Waals surface area contributed by atoms with E-state index in [0.717, 1.165) is 17.1 Å². The van der Waals surface area contributed by atoms with E-state index in [0.29, 0.717) is 0 Å². The summed E-state index contributed by atoms with van der Waals surface area (Å²) in [5.74, 6) is 0. The van der Waals surface area contributed by atoms with Crippen molar-refractivity contribution in [3.05, 3.63) is 145 Å². The summed E-state index contributed by atoms with van der Waals surface area (Å²) in [6, 6.07) is 30.6. The molecule has 0 saturated heterocycles. The van der Waals surface area contributed by atoms with Gasteiger partial charge in [-0.2, -0.15) is 15.3 Å². The molecule has 0 aliphatic rings. The van der Waals surface area contributed by atoms with Gasteiger partial charge in [0.15, 0.2) is 0 Å². The third kappa shape index (κ3) is 8.17. The van der Waals surface area contributed by atoms with Gasteiger partial charge in [-0.25, -0.2) is 14.0 Å². The molecule has 189 valence electrons. The molecule has 0 aliphatic carbocycles. The Labute approximate surface area is 228 Å². The Morgan fingerprint density at radius 2 is 0.649 bits per heavy atom. The molecule has 3 heterocycles. The van der Waals surface area contributed by atoms with E-state index in [1.54, 1.807) is 18.6 Å². The normalized spacial score (nSPS) is 9.81. The molecule has 0 N–H and O–H groups in total. The molecule has 0 unspecified atom stereocenters. The van der Waals surface area contributed by atoms with Crippen molar-refractivity contribution in [2.45, 2.75) is 20.8 Å². The molecule has 3 aromatic heterocycles. The van der Waals surface area contributed by atoms with E-state index in [-0.39, 0.29) is 16.8 Å². The number of benzene rings is 3. The van der Waals surface area contributed by atoms with Crippen LogP contribution >= 0.6 is 0 Å². The average molecular weight is 534 g/mol. The van der Waals surface area contributed by atoms with E-state index in [4.69, 9.17) is 0 Å². The van der Waals surface area contributed by atoms with Gasteiger partial charge in [-0.1, -0.05) is 53.1 Å². The first-order chi connectivity index (χ1) is 17.6. The summed E-state index contributed by atoms with van der Waals surface area (Å²) in [5, 5.41) is 12.4. The van der Waals surface area contributed by atoms with Crippen LogP contribution in [0, 0.1) is 20.8 Å². The van der Waals surface area contributed by atoms with Crippen LogP contribution in [0.25, 0.3) is 17.1 Å². The van der Waals surface area contributed by atoms with E-state index in [1.165, 1.54) is 16.7 Å². The molecule has 6 aromatic rings. The second-order valence-corrected chi connectivity index (χ2v) is 8.36. The van der Waals surface area contributed by atoms with Gasteiger partial charge in [-0.3, -0.25) is 0 Å². The van der Waals surface area contributed by atoms with Crippen LogP contribution in [0.1, 0.15) is 16.7 Å². The number of aromatic nitrogens is 6. The third-order valence-corrected chi connectivity index (χ3v) is 5.41. The fourth-order valence-corrected chi connectivity index (χ4v) is 3.36. The summed E-state index contributed by atoms with van der Waals surface area (Å²) in [6.07, 6.45) is 11.1. The first kappa shape index (κ1) is 27.4. The number of hydrogen-bond donors (Lipinski definition) is 0. The van der Waals surface area contributed by atoms with Crippen molar-refractivity contribution in [3.8, 4) is 17.1 Å². The molecule has 7 heteroatoms. The molecular formula is C30H30CoN6. The number of nitrogens with zero attached hydrogens (tertiary/aromatic N) is 6. The average Bonchev–Trinajstić information content (AvgIpc) is 3.70. The molecule has 6 nitrogen and oxygen atoms in total. The smallest absolute Gasteiger partial charge is 0.0645 e. The van der Waals surface area contributed by atoms with Gasteiger partial charge in [0.2, 0.25) is 0 Å². The van der Waals surface area contributed by atoms with Crippen LogP contribution in [0.4, 0.5) is 0 Å². The van der Waals surface area contributed by atoms with Gasteiger partial charge >= 0.3 is 0 Å². The Bertz CT molecular complexity index is 1220. The Morgan fingerprint density at radius 1 is 0.405 bits per heavy atom. The van der Waals surface area contributed by atoms with Gasteiger partial charge in [0.1, 0.15) is 0 Å². The molecule has 37 heavy (non-hydrogen) atoms. The summed E-state index contributed by atoms with van der Waals surface area (Å²) in [5.41, 5.74) is 7.12. The van der Waals surface area contributed by atoms with Gasteiger partial charge in [0.25, 0.3) is 0 Å². The molecule has 0 saturated carbocycles. The van der Waals surface area contributed by atoms with Crippen LogP contribution in [0.5, 0.6) is 0 Å². The predicted octanol–water partition coefficient (Wildman–Crippen LogP) is 6.54. The first-order valence-corrected chi connectivity index (χ1v) is 11.8. The zero-order chi connectivity index (χ0) is 25.2. The summed E-state index contributed by atoms with van der Waals surface area (Å²) in [4.78, 5) is 0. The maximum Gasteiger partial charge on any atom is 0.0645 e. The molecule has 6 rings (SSSR count). The number of hydrogen-bond acceptors (Lipinski definition) is 3. The van der Waals surface area contributed by atoms with Crippen molar-refractivity contribution < 1.29 is 16.8 Å². The Kier molecular flexibility index (Phi) is 10.2. The molecule has 0 atom stereocenters. The van der Waals surface area contributed by atoms with Crippen LogP contribution in [0.2, 0.25) is 0 Å². The minimum atomic E-state index is 0. The molecule has 0 bridgehead atoms. The monoisotopic (exact) mass is 533 g/mol. The largest absolute Gasteiger partial charge is 0.241 e. The molecular weight excluding hydrogens is 503 g/mol. The standard InChI is InChI=1S/3C10H10N2.Co/c3*1-9-3-5-10(6-4-9)12-8-2-7-11-12;/h3*2-8H,1H3;. The summed E-state index contributed by atoms with van der Waals surface area (Å²) in [7, 11) is 0. The van der Waals surface area contributed by atoms with Crippen molar-refractivity contribution in [2.75, 3.05) is 0 Å². The van der Waals surface area contributed by atoms with Crippen LogP contribution in [-0.4, -0.2) is 29.3 Å². The van der Waals surface area contributed by atoms with Gasteiger partial charge < -0.3 is 0 Å². The van der Waals surface area contributed by atoms with Gasteiger partial charge in [0.05, 0.1) is 17.1 Å². The van der Waals surface area contributed by atoms with Crippen molar-refractivity contribution in [2.24, 2.45) is 0 Å². The second kappa shape index (κ2) is 13.8. The molecule has 1 radical (unpaired) electrons. The quantitative estimate of drug-likeness (QED) is 0.260. The first-order valence-electron chi connectivity index (χ1n) is 11.8. The summed E-state index contributed by atoms with van der Waals surface area (Å²) < 4.78 is 5.54. The maximum atomic E-state index is 4.13. The van der Waals surface area contributed by atoms with Gasteiger partial charge in [-0.15, -0.1) is 0 Å². The minimum absolute atomic E-state index is 0. The fourth-order valence-electron chi connectivity index (χ4n) is 3.36. The number of rotatable bonds is 3. The molecule has 0 fully saturated rings. The van der Waals surface area contributed by atoms with Crippen molar-refractivity contribution >= 4 is 0 Å². The molecule has 0 amide bonds. The Morgan fingerprint density at radius 3 is 0.838 bits per heavy atom.